The van der Waals surface area contributed by atoms with E-state index in [-0.39, 0.29) is 28.0 Å². The van der Waals surface area contributed by atoms with Gasteiger partial charge in [-0.1, -0.05) is 35.3 Å². The van der Waals surface area contributed by atoms with Crippen LogP contribution in [0.25, 0.3) is 0 Å². The van der Waals surface area contributed by atoms with Gasteiger partial charge in [0.05, 0.1) is 22.2 Å². The SMILES string of the molecule is CO[C@H]1O[C@H](CO)[C@@H](O)[C@H](O)[C@H]1OC(=O)c1cc(Cl)c(OCc2cccc(N)c2)c(Cl)c1C. The summed E-state index contributed by atoms with van der Waals surface area (Å²) in [5.74, 6) is -0.685. The second kappa shape index (κ2) is 10.9. The summed E-state index contributed by atoms with van der Waals surface area (Å²) in [4.78, 5) is 12.9. The second-order valence-corrected chi connectivity index (χ2v) is 8.31. The lowest BCUT2D eigenvalue weighted by Crippen LogP contribution is -2.60. The molecule has 0 amide bonds. The Labute approximate surface area is 200 Å². The highest BCUT2D eigenvalue weighted by molar-refractivity contribution is 6.38. The fourth-order valence-electron chi connectivity index (χ4n) is 3.44. The highest BCUT2D eigenvalue weighted by Crippen LogP contribution is 2.38. The summed E-state index contributed by atoms with van der Waals surface area (Å²) in [7, 11) is 1.27. The Kier molecular flexibility index (Phi) is 8.41. The fraction of sp³-hybridized carbons (Fsp3) is 0.409. The standard InChI is InChI=1S/C22H25Cl2NO8/c1-10-13(21(29)33-20-18(28)17(27)15(8-26)32-22(20)30-2)7-14(23)19(16(10)24)31-9-11-4-3-5-12(25)6-11/h3-7,15,17-18,20,22,26-28H,8-9,25H2,1-2H3/t15-,17-,18+,20-,22+/m1/s1. The summed E-state index contributed by atoms with van der Waals surface area (Å²) in [6.45, 7) is 1.18. The fourth-order valence-corrected chi connectivity index (χ4v) is 4.00. The first-order valence-electron chi connectivity index (χ1n) is 10.00. The average molecular weight is 502 g/mol. The number of nitrogens with two attached hydrogens (primary N) is 1. The van der Waals surface area contributed by atoms with Gasteiger partial charge < -0.3 is 40.0 Å². The van der Waals surface area contributed by atoms with Crippen LogP contribution < -0.4 is 10.5 Å². The Balaban J connectivity index is 1.79. The third kappa shape index (κ3) is 5.52. The summed E-state index contributed by atoms with van der Waals surface area (Å²) in [5.41, 5.74) is 7.53. The number of carbonyl (C=O) groups is 1. The van der Waals surface area contributed by atoms with Crippen molar-refractivity contribution < 1.29 is 39.1 Å². The Hall–Kier alpha value is -2.11. The lowest BCUT2D eigenvalue weighted by Gasteiger charge is -2.40. The molecule has 1 fully saturated rings. The molecule has 0 bridgehead atoms. The zero-order valence-corrected chi connectivity index (χ0v) is 19.4. The summed E-state index contributed by atoms with van der Waals surface area (Å²) in [6, 6.07) is 8.46. The topological polar surface area (TPSA) is 141 Å². The van der Waals surface area contributed by atoms with Gasteiger partial charge in [0.1, 0.15) is 24.9 Å². The molecule has 0 saturated carbocycles. The zero-order valence-electron chi connectivity index (χ0n) is 17.9. The van der Waals surface area contributed by atoms with Crippen molar-refractivity contribution in [2.24, 2.45) is 0 Å². The predicted molar refractivity (Wildman–Crippen MR) is 120 cm³/mol. The third-order valence-electron chi connectivity index (χ3n) is 5.27. The van der Waals surface area contributed by atoms with Gasteiger partial charge in [-0.05, 0) is 36.2 Å². The van der Waals surface area contributed by atoms with E-state index >= 15 is 0 Å². The van der Waals surface area contributed by atoms with Gasteiger partial charge in [0.25, 0.3) is 0 Å². The summed E-state index contributed by atoms with van der Waals surface area (Å²) in [5, 5.41) is 30.0. The van der Waals surface area contributed by atoms with Crippen molar-refractivity contribution >= 4 is 34.9 Å². The van der Waals surface area contributed by atoms with E-state index in [2.05, 4.69) is 0 Å². The van der Waals surface area contributed by atoms with E-state index in [1.165, 1.54) is 13.2 Å². The first-order chi connectivity index (χ1) is 15.7. The summed E-state index contributed by atoms with van der Waals surface area (Å²) >= 11 is 12.8. The van der Waals surface area contributed by atoms with E-state index in [9.17, 15) is 20.1 Å². The summed E-state index contributed by atoms with van der Waals surface area (Å²) < 4.78 is 21.6. The van der Waals surface area contributed by atoms with Gasteiger partial charge in [-0.15, -0.1) is 0 Å². The molecule has 3 rings (SSSR count). The number of aliphatic hydroxyl groups excluding tert-OH is 3. The number of hydrogen-bond donors (Lipinski definition) is 4. The van der Waals surface area contributed by atoms with Gasteiger partial charge in [0, 0.05) is 12.8 Å². The molecule has 5 atom stereocenters. The molecule has 2 aromatic carbocycles. The van der Waals surface area contributed by atoms with Gasteiger partial charge in [-0.25, -0.2) is 4.79 Å². The minimum Gasteiger partial charge on any atom is -0.486 e. The van der Waals surface area contributed by atoms with E-state index in [1.807, 2.05) is 6.07 Å². The number of ether oxygens (including phenoxy) is 4. The second-order valence-electron chi connectivity index (χ2n) is 7.52. The Bertz CT molecular complexity index is 1000. The molecule has 11 heteroatoms. The largest absolute Gasteiger partial charge is 0.486 e. The average Bonchev–Trinajstić information content (AvgIpc) is 2.79. The molecule has 0 unspecified atom stereocenters. The zero-order chi connectivity index (χ0) is 24.3. The van der Waals surface area contributed by atoms with Gasteiger partial charge in [-0.2, -0.15) is 0 Å². The van der Waals surface area contributed by atoms with E-state index in [0.717, 1.165) is 5.56 Å². The lowest BCUT2D eigenvalue weighted by molar-refractivity contribution is -0.293. The van der Waals surface area contributed by atoms with Crippen LogP contribution in [-0.2, 0) is 20.8 Å². The van der Waals surface area contributed by atoms with Crippen molar-refractivity contribution in [2.45, 2.75) is 44.2 Å². The van der Waals surface area contributed by atoms with Crippen molar-refractivity contribution in [3.8, 4) is 5.75 Å². The number of carbonyl (C=O) groups excluding carboxylic acids is 1. The van der Waals surface area contributed by atoms with Crippen LogP contribution in [0.15, 0.2) is 30.3 Å². The Morgan fingerprint density at radius 1 is 1.21 bits per heavy atom. The molecule has 9 nitrogen and oxygen atoms in total. The molecular weight excluding hydrogens is 477 g/mol. The lowest BCUT2D eigenvalue weighted by atomic mass is 9.99. The maximum atomic E-state index is 12.9. The van der Waals surface area contributed by atoms with Crippen molar-refractivity contribution in [2.75, 3.05) is 19.5 Å². The molecule has 1 aliphatic rings. The Morgan fingerprint density at radius 2 is 1.94 bits per heavy atom. The molecule has 2 aromatic rings. The van der Waals surface area contributed by atoms with Crippen molar-refractivity contribution in [1.82, 2.24) is 0 Å². The van der Waals surface area contributed by atoms with E-state index in [1.54, 1.807) is 25.1 Å². The van der Waals surface area contributed by atoms with Crippen LogP contribution in [0.3, 0.4) is 0 Å². The molecule has 1 heterocycles. The smallest absolute Gasteiger partial charge is 0.339 e. The first-order valence-corrected chi connectivity index (χ1v) is 10.8. The van der Waals surface area contributed by atoms with E-state index in [0.29, 0.717) is 11.3 Å². The maximum absolute atomic E-state index is 12.9. The molecule has 180 valence electrons. The molecule has 1 aliphatic heterocycles. The maximum Gasteiger partial charge on any atom is 0.339 e. The minimum atomic E-state index is -1.56. The van der Waals surface area contributed by atoms with Crippen molar-refractivity contribution in [3.63, 3.8) is 0 Å². The number of hydrogen-bond acceptors (Lipinski definition) is 9. The number of anilines is 1. The molecule has 0 aliphatic carbocycles. The minimum absolute atomic E-state index is 0.0298. The van der Waals surface area contributed by atoms with Crippen molar-refractivity contribution in [3.05, 3.63) is 57.1 Å². The number of rotatable bonds is 7. The van der Waals surface area contributed by atoms with Gasteiger partial charge >= 0.3 is 5.97 Å². The highest BCUT2D eigenvalue weighted by atomic mass is 35.5. The number of methoxy groups -OCH3 is 1. The number of aliphatic hydroxyl groups is 3. The number of halogens is 2. The van der Waals surface area contributed by atoms with E-state index < -0.39 is 43.3 Å². The first kappa shape index (κ1) is 25.5. The molecule has 1 saturated heterocycles. The van der Waals surface area contributed by atoms with Crippen LogP contribution in [0, 0.1) is 6.92 Å². The number of benzene rings is 2. The van der Waals surface area contributed by atoms with Gasteiger partial charge in [-0.3, -0.25) is 0 Å². The monoisotopic (exact) mass is 501 g/mol. The van der Waals surface area contributed by atoms with Crippen LogP contribution >= 0.6 is 23.2 Å². The van der Waals surface area contributed by atoms with Crippen LogP contribution in [0.1, 0.15) is 21.5 Å². The molecule has 33 heavy (non-hydrogen) atoms. The van der Waals surface area contributed by atoms with Gasteiger partial charge in [0.2, 0.25) is 0 Å². The molecule has 0 spiro atoms. The number of nitrogen functional groups attached to an aromatic ring is 1. The molecule has 0 radical (unpaired) electrons. The van der Waals surface area contributed by atoms with Gasteiger partial charge in [0.15, 0.2) is 18.1 Å². The Morgan fingerprint density at radius 3 is 2.58 bits per heavy atom. The van der Waals surface area contributed by atoms with Crippen molar-refractivity contribution in [1.29, 1.82) is 0 Å². The molecular formula is C22H25Cl2NO8. The van der Waals surface area contributed by atoms with Crippen LogP contribution in [-0.4, -0.2) is 65.7 Å². The predicted octanol–water partition coefficient (Wildman–Crippen LogP) is 2.07. The van der Waals surface area contributed by atoms with Crippen LogP contribution in [0.4, 0.5) is 5.69 Å². The quantitative estimate of drug-likeness (QED) is 0.331. The number of esters is 1. The van der Waals surface area contributed by atoms with Crippen LogP contribution in [0.2, 0.25) is 10.0 Å². The highest BCUT2D eigenvalue weighted by Gasteiger charge is 2.47. The summed E-state index contributed by atoms with van der Waals surface area (Å²) in [6.07, 6.45) is -6.72. The molecule has 5 N–H and O–H groups in total. The van der Waals surface area contributed by atoms with E-state index in [4.69, 9.17) is 47.9 Å². The third-order valence-corrected chi connectivity index (χ3v) is 6.01. The normalized spacial score (nSPS) is 25.0. The van der Waals surface area contributed by atoms with Crippen LogP contribution in [0.5, 0.6) is 5.75 Å². The molecule has 0 aromatic heterocycles.